The van der Waals surface area contributed by atoms with Crippen LogP contribution < -0.4 is 0 Å². The topological polar surface area (TPSA) is 78.9 Å². The minimum Gasteiger partial charge on any atom is -0.462 e. The van der Waals surface area contributed by atoms with E-state index in [1.54, 1.807) is 0 Å². The molecule has 0 radical (unpaired) electrons. The summed E-state index contributed by atoms with van der Waals surface area (Å²) in [5, 5.41) is 0. The molecule has 0 amide bonds. The molecule has 2 rings (SSSR count). The minimum atomic E-state index is -0.704. The fraction of sp³-hybridized carbons (Fsp3) is 0.375. The normalized spacial score (nSPS) is 10.3. The van der Waals surface area contributed by atoms with Crippen LogP contribution in [0.1, 0.15) is 76.2 Å². The van der Waals surface area contributed by atoms with Crippen molar-refractivity contribution in [3.63, 3.8) is 0 Å². The van der Waals surface area contributed by atoms with Crippen molar-refractivity contribution in [1.82, 2.24) is 0 Å². The molecule has 2 aromatic rings. The molecule has 0 aliphatic carbocycles. The molecule has 0 aliphatic heterocycles. The Morgan fingerprint density at radius 3 is 1.93 bits per heavy atom. The molecule has 0 unspecified atom stereocenters. The second-order valence-electron chi connectivity index (χ2n) is 6.80. The van der Waals surface area contributed by atoms with Gasteiger partial charge in [0.1, 0.15) is 6.61 Å². The molecule has 0 bridgehead atoms. The van der Waals surface area contributed by atoms with Gasteiger partial charge in [0, 0.05) is 0 Å². The van der Waals surface area contributed by atoms with E-state index < -0.39 is 17.9 Å². The second kappa shape index (κ2) is 12.4. The zero-order chi connectivity index (χ0) is 21.8. The number of carbonyl (C=O) groups excluding carboxylic acids is 3. The molecule has 0 aliphatic rings. The molecule has 6 nitrogen and oxygen atoms in total. The Kier molecular flexibility index (Phi) is 9.58. The van der Waals surface area contributed by atoms with E-state index in [1.165, 1.54) is 18.2 Å². The lowest BCUT2D eigenvalue weighted by molar-refractivity contribution is 0.0435. The number of hydrogen-bond acceptors (Lipinski definition) is 6. The third-order valence-electron chi connectivity index (χ3n) is 4.37. The smallest absolute Gasteiger partial charge is 0.339 e. The van der Waals surface area contributed by atoms with E-state index in [2.05, 4.69) is 0 Å². The Labute approximate surface area is 177 Å². The van der Waals surface area contributed by atoms with Crippen molar-refractivity contribution in [3.8, 4) is 0 Å². The van der Waals surface area contributed by atoms with Gasteiger partial charge in [-0.05, 0) is 36.6 Å². The van der Waals surface area contributed by atoms with E-state index >= 15 is 0 Å². The van der Waals surface area contributed by atoms with Gasteiger partial charge < -0.3 is 14.2 Å². The van der Waals surface area contributed by atoms with E-state index in [0.717, 1.165) is 31.2 Å². The zero-order valence-electron chi connectivity index (χ0n) is 17.5. The van der Waals surface area contributed by atoms with Crippen LogP contribution in [0.2, 0.25) is 0 Å². The standard InChI is InChI=1S/C24H28O6/c1-3-5-14-28-22(25)19-12-13-20(23(26)29-15-6-4-2)21(16-19)24(27)30-17-18-10-8-7-9-11-18/h7-13,16H,3-6,14-15,17H2,1-2H3. The number of hydrogen-bond donors (Lipinski definition) is 0. The van der Waals surface area contributed by atoms with Crippen molar-refractivity contribution in [3.05, 3.63) is 70.8 Å². The molecule has 0 N–H and O–H groups in total. The van der Waals surface area contributed by atoms with Gasteiger partial charge in [0.05, 0.1) is 29.9 Å². The molecular formula is C24H28O6. The Morgan fingerprint density at radius 2 is 1.30 bits per heavy atom. The maximum atomic E-state index is 12.7. The average molecular weight is 412 g/mol. The number of ether oxygens (including phenoxy) is 3. The van der Waals surface area contributed by atoms with Crippen LogP contribution in [0.3, 0.4) is 0 Å². The number of carbonyl (C=O) groups is 3. The largest absolute Gasteiger partial charge is 0.462 e. The molecule has 160 valence electrons. The van der Waals surface area contributed by atoms with Gasteiger partial charge in [0.25, 0.3) is 0 Å². The monoisotopic (exact) mass is 412 g/mol. The molecule has 2 aromatic carbocycles. The zero-order valence-corrected chi connectivity index (χ0v) is 17.5. The summed E-state index contributed by atoms with van der Waals surface area (Å²) in [6.07, 6.45) is 3.25. The highest BCUT2D eigenvalue weighted by atomic mass is 16.5. The van der Waals surface area contributed by atoms with Gasteiger partial charge in [-0.3, -0.25) is 0 Å². The highest BCUT2D eigenvalue weighted by molar-refractivity contribution is 6.05. The maximum Gasteiger partial charge on any atom is 0.339 e. The summed E-state index contributed by atoms with van der Waals surface area (Å²) in [4.78, 5) is 37.5. The first kappa shape index (κ1) is 23.1. The van der Waals surface area contributed by atoms with Crippen LogP contribution >= 0.6 is 0 Å². The first-order chi connectivity index (χ1) is 14.6. The van der Waals surface area contributed by atoms with Gasteiger partial charge in [-0.1, -0.05) is 57.0 Å². The van der Waals surface area contributed by atoms with E-state index in [4.69, 9.17) is 14.2 Å². The molecule has 0 fully saturated rings. The van der Waals surface area contributed by atoms with E-state index in [0.29, 0.717) is 6.61 Å². The van der Waals surface area contributed by atoms with Crippen molar-refractivity contribution in [2.24, 2.45) is 0 Å². The summed E-state index contributed by atoms with van der Waals surface area (Å²) in [5.41, 5.74) is 1.04. The summed E-state index contributed by atoms with van der Waals surface area (Å²) >= 11 is 0. The fourth-order valence-corrected chi connectivity index (χ4v) is 2.60. The SMILES string of the molecule is CCCCOC(=O)c1ccc(C(=O)OCCCC)c(C(=O)OCc2ccccc2)c1. The molecule has 0 spiro atoms. The van der Waals surface area contributed by atoms with Crippen LogP contribution in [-0.4, -0.2) is 31.1 Å². The van der Waals surface area contributed by atoms with Gasteiger partial charge in [-0.2, -0.15) is 0 Å². The Bertz CT molecular complexity index is 844. The lowest BCUT2D eigenvalue weighted by Gasteiger charge is -2.12. The summed E-state index contributed by atoms with van der Waals surface area (Å²) in [6, 6.07) is 13.4. The maximum absolute atomic E-state index is 12.7. The molecule has 0 saturated carbocycles. The predicted octanol–water partition coefficient (Wildman–Crippen LogP) is 4.96. The fourth-order valence-electron chi connectivity index (χ4n) is 2.60. The van der Waals surface area contributed by atoms with E-state index in [1.807, 2.05) is 44.2 Å². The van der Waals surface area contributed by atoms with E-state index in [-0.39, 0.29) is 29.9 Å². The van der Waals surface area contributed by atoms with Gasteiger partial charge in [-0.15, -0.1) is 0 Å². The second-order valence-corrected chi connectivity index (χ2v) is 6.80. The van der Waals surface area contributed by atoms with Crippen LogP contribution in [-0.2, 0) is 20.8 Å². The molecule has 0 heterocycles. The van der Waals surface area contributed by atoms with Crippen LogP contribution in [0.4, 0.5) is 0 Å². The van der Waals surface area contributed by atoms with Crippen molar-refractivity contribution in [2.45, 2.75) is 46.1 Å². The molecule has 6 heteroatoms. The third kappa shape index (κ3) is 7.03. The summed E-state index contributed by atoms with van der Waals surface area (Å²) in [5.74, 6) is -1.88. The van der Waals surface area contributed by atoms with Crippen molar-refractivity contribution in [1.29, 1.82) is 0 Å². The molecule has 0 saturated heterocycles. The van der Waals surface area contributed by atoms with Crippen LogP contribution in [0.5, 0.6) is 0 Å². The van der Waals surface area contributed by atoms with Crippen LogP contribution in [0, 0.1) is 0 Å². The number of rotatable bonds is 11. The van der Waals surface area contributed by atoms with E-state index in [9.17, 15) is 14.4 Å². The molecule has 30 heavy (non-hydrogen) atoms. The third-order valence-corrected chi connectivity index (χ3v) is 4.37. The minimum absolute atomic E-state index is 0.0163. The quantitative estimate of drug-likeness (QED) is 0.295. The number of unbranched alkanes of at least 4 members (excludes halogenated alkanes) is 2. The van der Waals surface area contributed by atoms with Crippen molar-refractivity contribution in [2.75, 3.05) is 13.2 Å². The summed E-state index contributed by atoms with van der Waals surface area (Å²) in [7, 11) is 0. The van der Waals surface area contributed by atoms with Crippen LogP contribution in [0.25, 0.3) is 0 Å². The molecule has 0 atom stereocenters. The number of esters is 3. The highest BCUT2D eigenvalue weighted by Crippen LogP contribution is 2.17. The van der Waals surface area contributed by atoms with Gasteiger partial charge in [-0.25, -0.2) is 14.4 Å². The first-order valence-corrected chi connectivity index (χ1v) is 10.3. The predicted molar refractivity (Wildman–Crippen MR) is 112 cm³/mol. The highest BCUT2D eigenvalue weighted by Gasteiger charge is 2.22. The molecular weight excluding hydrogens is 384 g/mol. The molecule has 0 aromatic heterocycles. The Hall–Kier alpha value is -3.15. The lowest BCUT2D eigenvalue weighted by Crippen LogP contribution is -2.16. The lowest BCUT2D eigenvalue weighted by atomic mass is 10.0. The van der Waals surface area contributed by atoms with Crippen molar-refractivity contribution < 1.29 is 28.6 Å². The summed E-state index contributed by atoms with van der Waals surface area (Å²) in [6.45, 7) is 4.58. The first-order valence-electron chi connectivity index (χ1n) is 10.3. The van der Waals surface area contributed by atoms with Gasteiger partial charge in [0.2, 0.25) is 0 Å². The van der Waals surface area contributed by atoms with Gasteiger partial charge in [0.15, 0.2) is 0 Å². The van der Waals surface area contributed by atoms with Crippen molar-refractivity contribution >= 4 is 17.9 Å². The Morgan fingerprint density at radius 1 is 0.700 bits per heavy atom. The summed E-state index contributed by atoms with van der Waals surface area (Å²) < 4.78 is 15.8. The van der Waals surface area contributed by atoms with Gasteiger partial charge >= 0.3 is 17.9 Å². The Balaban J connectivity index is 2.21. The van der Waals surface area contributed by atoms with Crippen LogP contribution in [0.15, 0.2) is 48.5 Å². The average Bonchev–Trinajstić information content (AvgIpc) is 2.78. The number of benzene rings is 2.